The molecule has 0 aromatic heterocycles. The first-order chi connectivity index (χ1) is 12.9. The Labute approximate surface area is 163 Å². The quantitative estimate of drug-likeness (QED) is 0.816. The summed E-state index contributed by atoms with van der Waals surface area (Å²) >= 11 is 0. The van der Waals surface area contributed by atoms with E-state index in [9.17, 15) is 23.1 Å². The second-order valence-corrected chi connectivity index (χ2v) is 8.90. The van der Waals surface area contributed by atoms with Crippen molar-refractivity contribution in [2.45, 2.75) is 64.8 Å². The van der Waals surface area contributed by atoms with Gasteiger partial charge in [-0.05, 0) is 42.6 Å². The molecule has 2 aliphatic rings. The van der Waals surface area contributed by atoms with Gasteiger partial charge in [-0.25, -0.2) is 0 Å². The molecule has 0 spiro atoms. The molecule has 0 saturated heterocycles. The maximum absolute atomic E-state index is 14.0. The van der Waals surface area contributed by atoms with Crippen molar-refractivity contribution in [3.05, 3.63) is 35.9 Å². The van der Waals surface area contributed by atoms with E-state index in [-0.39, 0.29) is 29.9 Å². The van der Waals surface area contributed by atoms with Crippen LogP contribution in [0.25, 0.3) is 0 Å². The number of nitrogens with zero attached hydrogens (tertiary/aromatic N) is 2. The number of carbonyl (C=O) groups is 1. The lowest BCUT2D eigenvalue weighted by atomic mass is 9.66. The van der Waals surface area contributed by atoms with Crippen LogP contribution in [0.2, 0.25) is 0 Å². The largest absolute Gasteiger partial charge is 0.439 e. The van der Waals surface area contributed by atoms with Crippen LogP contribution in [0.4, 0.5) is 13.2 Å². The van der Waals surface area contributed by atoms with Crippen LogP contribution in [-0.2, 0) is 11.2 Å². The highest BCUT2D eigenvalue weighted by Crippen LogP contribution is 2.51. The molecule has 1 N–H and O–H groups in total. The molecule has 0 bridgehead atoms. The van der Waals surface area contributed by atoms with E-state index in [0.29, 0.717) is 24.3 Å². The summed E-state index contributed by atoms with van der Waals surface area (Å²) in [6.07, 6.45) is -3.59. The number of aliphatic hydroxyl groups is 1. The summed E-state index contributed by atoms with van der Waals surface area (Å²) in [5.74, 6) is -1.99. The maximum atomic E-state index is 14.0. The number of alkyl halides is 3. The Kier molecular flexibility index (Phi) is 5.34. The van der Waals surface area contributed by atoms with Crippen molar-refractivity contribution in [3.8, 4) is 0 Å². The summed E-state index contributed by atoms with van der Waals surface area (Å²) in [6, 6.07) is 9.07. The molecule has 1 heterocycles. The van der Waals surface area contributed by atoms with Crippen molar-refractivity contribution in [1.29, 1.82) is 0 Å². The number of hydrazone groups is 1. The van der Waals surface area contributed by atoms with Gasteiger partial charge < -0.3 is 5.11 Å². The summed E-state index contributed by atoms with van der Waals surface area (Å²) in [5, 5.41) is 15.1. The lowest BCUT2D eigenvalue weighted by Gasteiger charge is -2.42. The number of hydrogen-bond donors (Lipinski definition) is 1. The molecule has 4 nitrogen and oxygen atoms in total. The fourth-order valence-corrected chi connectivity index (χ4v) is 4.26. The van der Waals surface area contributed by atoms with Gasteiger partial charge in [0.1, 0.15) is 0 Å². The van der Waals surface area contributed by atoms with Crippen molar-refractivity contribution in [2.75, 3.05) is 0 Å². The summed E-state index contributed by atoms with van der Waals surface area (Å²) < 4.78 is 42.0. The lowest BCUT2D eigenvalue weighted by Crippen LogP contribution is -2.62. The minimum atomic E-state index is -4.98. The van der Waals surface area contributed by atoms with Crippen LogP contribution >= 0.6 is 0 Å². The van der Waals surface area contributed by atoms with E-state index in [4.69, 9.17) is 0 Å². The van der Waals surface area contributed by atoms with E-state index >= 15 is 0 Å². The van der Waals surface area contributed by atoms with Gasteiger partial charge >= 0.3 is 6.18 Å². The number of benzene rings is 1. The number of fused-ring (bicyclic) bond motifs is 1. The maximum Gasteiger partial charge on any atom is 0.439 e. The van der Waals surface area contributed by atoms with E-state index in [2.05, 4.69) is 5.10 Å². The van der Waals surface area contributed by atoms with Gasteiger partial charge in [0.25, 0.3) is 5.72 Å². The standard InChI is InChI=1S/C21H27F3N2O2/c1-19(2,3)15-10-11-17-16(13-15)20(28,21(22,23)24)26(25-17)18(27)12-9-14-7-5-4-6-8-14/h4-8,15-16,28H,9-13H2,1-3H3/t15-,16+,20-/m1/s1. The number of carbonyl (C=O) groups excluding carboxylic acids is 1. The van der Waals surface area contributed by atoms with Crippen molar-refractivity contribution in [3.63, 3.8) is 0 Å². The van der Waals surface area contributed by atoms with E-state index in [1.54, 1.807) is 0 Å². The Morgan fingerprint density at radius 1 is 1.25 bits per heavy atom. The summed E-state index contributed by atoms with van der Waals surface area (Å²) in [6.45, 7) is 5.97. The fraction of sp³-hybridized carbons (Fsp3) is 0.619. The van der Waals surface area contributed by atoms with Gasteiger partial charge in [-0.2, -0.15) is 23.3 Å². The molecule has 3 atom stereocenters. The Bertz CT molecular complexity index is 755. The Morgan fingerprint density at radius 3 is 2.46 bits per heavy atom. The topological polar surface area (TPSA) is 52.9 Å². The third-order valence-corrected chi connectivity index (χ3v) is 6.06. The second-order valence-electron chi connectivity index (χ2n) is 8.90. The molecule has 28 heavy (non-hydrogen) atoms. The van der Waals surface area contributed by atoms with Crippen LogP contribution in [0.3, 0.4) is 0 Å². The first-order valence-electron chi connectivity index (χ1n) is 9.68. The Balaban J connectivity index is 1.84. The molecule has 1 aliphatic heterocycles. The smallest absolute Gasteiger partial charge is 0.362 e. The minimum Gasteiger partial charge on any atom is -0.362 e. The highest BCUT2D eigenvalue weighted by molar-refractivity contribution is 5.93. The molecule has 1 aromatic carbocycles. The number of rotatable bonds is 3. The zero-order chi connectivity index (χ0) is 20.7. The molecule has 1 fully saturated rings. The van der Waals surface area contributed by atoms with Crippen molar-refractivity contribution in [1.82, 2.24) is 5.01 Å². The first-order valence-corrected chi connectivity index (χ1v) is 9.68. The van der Waals surface area contributed by atoms with Crippen LogP contribution in [0, 0.1) is 17.3 Å². The minimum absolute atomic E-state index is 0.0182. The van der Waals surface area contributed by atoms with Crippen LogP contribution in [-0.4, -0.2) is 33.6 Å². The number of hydrogen-bond acceptors (Lipinski definition) is 3. The molecule has 154 valence electrons. The lowest BCUT2D eigenvalue weighted by molar-refractivity contribution is -0.318. The van der Waals surface area contributed by atoms with Crippen molar-refractivity contribution in [2.24, 2.45) is 22.4 Å². The van der Waals surface area contributed by atoms with Gasteiger partial charge in [-0.1, -0.05) is 51.1 Å². The zero-order valence-corrected chi connectivity index (χ0v) is 16.5. The molecule has 1 aromatic rings. The predicted octanol–water partition coefficient (Wildman–Crippen LogP) is 4.53. The Hall–Kier alpha value is -1.89. The predicted molar refractivity (Wildman–Crippen MR) is 100 cm³/mol. The van der Waals surface area contributed by atoms with E-state index in [1.165, 1.54) is 0 Å². The van der Waals surface area contributed by atoms with Crippen LogP contribution < -0.4 is 0 Å². The number of amides is 1. The van der Waals surface area contributed by atoms with E-state index in [1.807, 2.05) is 51.1 Å². The van der Waals surface area contributed by atoms with E-state index in [0.717, 1.165) is 5.56 Å². The fourth-order valence-electron chi connectivity index (χ4n) is 4.26. The SMILES string of the molecule is CC(C)(C)[C@@H]1CCC2=NN(C(=O)CCc3ccccc3)[C@](O)(C(F)(F)F)[C@H]2C1. The monoisotopic (exact) mass is 396 g/mol. The Morgan fingerprint density at radius 2 is 1.89 bits per heavy atom. The molecule has 3 rings (SSSR count). The van der Waals surface area contributed by atoms with Crippen molar-refractivity contribution < 1.29 is 23.1 Å². The van der Waals surface area contributed by atoms with Gasteiger partial charge in [-0.15, -0.1) is 0 Å². The third kappa shape index (κ3) is 3.69. The molecule has 1 amide bonds. The van der Waals surface area contributed by atoms with Gasteiger partial charge in [0.15, 0.2) is 0 Å². The average Bonchev–Trinajstić information content (AvgIpc) is 2.93. The molecular formula is C21H27F3N2O2. The zero-order valence-electron chi connectivity index (χ0n) is 16.5. The van der Waals surface area contributed by atoms with Crippen molar-refractivity contribution >= 4 is 11.6 Å². The second kappa shape index (κ2) is 7.17. The first kappa shape index (κ1) is 20.8. The molecule has 0 radical (unpaired) electrons. The summed E-state index contributed by atoms with van der Waals surface area (Å²) in [7, 11) is 0. The van der Waals surface area contributed by atoms with Crippen LogP contribution in [0.1, 0.15) is 52.0 Å². The third-order valence-electron chi connectivity index (χ3n) is 6.06. The van der Waals surface area contributed by atoms with Gasteiger partial charge in [0.2, 0.25) is 5.91 Å². The molecule has 0 unspecified atom stereocenters. The normalized spacial score (nSPS) is 28.1. The molecular weight excluding hydrogens is 369 g/mol. The molecule has 7 heteroatoms. The molecule has 1 aliphatic carbocycles. The van der Waals surface area contributed by atoms with E-state index < -0.39 is 23.7 Å². The summed E-state index contributed by atoms with van der Waals surface area (Å²) in [4.78, 5) is 12.7. The average molecular weight is 396 g/mol. The highest BCUT2D eigenvalue weighted by atomic mass is 19.4. The van der Waals surface area contributed by atoms with Gasteiger partial charge in [0.05, 0.1) is 5.92 Å². The van der Waals surface area contributed by atoms with Crippen LogP contribution in [0.5, 0.6) is 0 Å². The van der Waals surface area contributed by atoms with Gasteiger partial charge in [0, 0.05) is 12.1 Å². The summed E-state index contributed by atoms with van der Waals surface area (Å²) in [5.41, 5.74) is -2.31. The highest BCUT2D eigenvalue weighted by Gasteiger charge is 2.69. The number of aryl methyl sites for hydroxylation is 1. The number of halogens is 3. The van der Waals surface area contributed by atoms with Crippen LogP contribution in [0.15, 0.2) is 35.4 Å². The molecule has 1 saturated carbocycles. The van der Waals surface area contributed by atoms with Gasteiger partial charge in [-0.3, -0.25) is 4.79 Å².